The molecule has 0 aliphatic rings. The Kier molecular flexibility index (Phi) is 5.87. The molecular formula is C14H11N5O7S. The van der Waals surface area contributed by atoms with Gasteiger partial charge in [0.25, 0.3) is 11.6 Å². The van der Waals surface area contributed by atoms with Crippen molar-refractivity contribution in [2.75, 3.05) is 0 Å². The monoisotopic (exact) mass is 393 g/mol. The van der Waals surface area contributed by atoms with Gasteiger partial charge in [0.15, 0.2) is 4.80 Å². The summed E-state index contributed by atoms with van der Waals surface area (Å²) in [5.41, 5.74) is -0.415. The van der Waals surface area contributed by atoms with E-state index in [0.29, 0.717) is 11.3 Å². The van der Waals surface area contributed by atoms with Gasteiger partial charge in [-0.2, -0.15) is 4.99 Å². The lowest BCUT2D eigenvalue weighted by Gasteiger charge is -2.02. The molecule has 13 heteroatoms. The van der Waals surface area contributed by atoms with Crippen LogP contribution < -0.4 is 10.1 Å². The third kappa shape index (κ3) is 5.12. The number of aromatic nitrogens is 1. The van der Waals surface area contributed by atoms with Gasteiger partial charge in [-0.05, 0) is 17.4 Å². The number of nitrogens with zero attached hydrogens (tertiary/aromatic N) is 4. The molecule has 0 saturated carbocycles. The summed E-state index contributed by atoms with van der Waals surface area (Å²) in [4.78, 5) is 58.8. The number of thiazole rings is 1. The van der Waals surface area contributed by atoms with E-state index in [-0.39, 0.29) is 21.1 Å². The van der Waals surface area contributed by atoms with E-state index >= 15 is 0 Å². The lowest BCUT2D eigenvalue weighted by atomic mass is 10.2. The normalized spacial score (nSPS) is 11.1. The second kappa shape index (κ2) is 8.09. The van der Waals surface area contributed by atoms with Crippen LogP contribution in [0, 0.1) is 20.2 Å². The first-order valence-corrected chi connectivity index (χ1v) is 7.97. The van der Waals surface area contributed by atoms with Crippen LogP contribution in [0.4, 0.5) is 10.7 Å². The number of imide groups is 1. The fourth-order valence-corrected chi connectivity index (χ4v) is 2.75. The van der Waals surface area contributed by atoms with Crippen LogP contribution in [0.25, 0.3) is 0 Å². The molecule has 0 aliphatic carbocycles. The SMILES string of the molecule is CC(=O)NC(=O)Cn1cc([N+](=O)[O-])sc1=NC(=O)c1cccc([N+](=O)[O-])c1. The maximum atomic E-state index is 12.3. The summed E-state index contributed by atoms with van der Waals surface area (Å²) in [7, 11) is 0. The minimum atomic E-state index is -0.879. The molecule has 0 aliphatic heterocycles. The summed E-state index contributed by atoms with van der Waals surface area (Å²) in [5.74, 6) is -2.24. The highest BCUT2D eigenvalue weighted by atomic mass is 32.1. The predicted octanol–water partition coefficient (Wildman–Crippen LogP) is 0.770. The number of non-ortho nitro benzene ring substituents is 1. The third-order valence-corrected chi connectivity index (χ3v) is 3.99. The molecule has 2 rings (SSSR count). The zero-order valence-electron chi connectivity index (χ0n) is 13.6. The van der Waals surface area contributed by atoms with Crippen molar-refractivity contribution in [3.8, 4) is 0 Å². The van der Waals surface area contributed by atoms with Gasteiger partial charge >= 0.3 is 5.00 Å². The van der Waals surface area contributed by atoms with Crippen LogP contribution in [-0.4, -0.2) is 32.1 Å². The van der Waals surface area contributed by atoms with Crippen molar-refractivity contribution >= 4 is 39.7 Å². The minimum Gasteiger partial charge on any atom is -0.307 e. The van der Waals surface area contributed by atoms with Crippen molar-refractivity contribution in [1.29, 1.82) is 0 Å². The van der Waals surface area contributed by atoms with Crippen molar-refractivity contribution in [2.24, 2.45) is 4.99 Å². The average molecular weight is 393 g/mol. The maximum absolute atomic E-state index is 12.3. The number of carbonyl (C=O) groups is 3. The predicted molar refractivity (Wildman–Crippen MR) is 90.8 cm³/mol. The average Bonchev–Trinajstić information content (AvgIpc) is 2.97. The van der Waals surface area contributed by atoms with Gasteiger partial charge in [-0.3, -0.25) is 39.9 Å². The van der Waals surface area contributed by atoms with Crippen LogP contribution >= 0.6 is 11.3 Å². The van der Waals surface area contributed by atoms with Crippen LogP contribution in [-0.2, 0) is 16.1 Å². The topological polar surface area (TPSA) is 167 Å². The van der Waals surface area contributed by atoms with Crippen LogP contribution in [0.5, 0.6) is 0 Å². The number of nitro groups is 2. The van der Waals surface area contributed by atoms with E-state index in [0.717, 1.165) is 23.8 Å². The number of carbonyl (C=O) groups excluding carboxylic acids is 3. The largest absolute Gasteiger partial charge is 0.343 e. The lowest BCUT2D eigenvalue weighted by Crippen LogP contribution is -2.33. The molecule has 12 nitrogen and oxygen atoms in total. The Morgan fingerprint density at radius 2 is 1.93 bits per heavy atom. The summed E-state index contributed by atoms with van der Waals surface area (Å²) in [6.45, 7) is 0.640. The van der Waals surface area contributed by atoms with Crippen molar-refractivity contribution in [1.82, 2.24) is 9.88 Å². The number of hydrogen-bond acceptors (Lipinski definition) is 8. The molecule has 3 amide bonds. The third-order valence-electron chi connectivity index (χ3n) is 3.02. The Labute approximate surface area is 154 Å². The zero-order chi connectivity index (χ0) is 20.1. The number of nitro benzene ring substituents is 1. The first kappa shape index (κ1) is 19.6. The molecule has 1 aromatic carbocycles. The molecule has 1 heterocycles. The number of amides is 3. The molecule has 0 fully saturated rings. The van der Waals surface area contributed by atoms with Crippen LogP contribution in [0.3, 0.4) is 0 Å². The molecule has 0 atom stereocenters. The van der Waals surface area contributed by atoms with Gasteiger partial charge in [0, 0.05) is 24.6 Å². The Hall–Kier alpha value is -3.74. The summed E-state index contributed by atoms with van der Waals surface area (Å²) >= 11 is 0.540. The summed E-state index contributed by atoms with van der Waals surface area (Å²) in [5, 5.41) is 23.4. The minimum absolute atomic E-state index is 0.0972. The van der Waals surface area contributed by atoms with E-state index in [2.05, 4.69) is 4.99 Å². The summed E-state index contributed by atoms with van der Waals surface area (Å²) < 4.78 is 1.04. The lowest BCUT2D eigenvalue weighted by molar-refractivity contribution is -0.384. The molecule has 140 valence electrons. The smallest absolute Gasteiger partial charge is 0.307 e. The first-order chi connectivity index (χ1) is 12.7. The highest BCUT2D eigenvalue weighted by Gasteiger charge is 2.17. The number of rotatable bonds is 5. The van der Waals surface area contributed by atoms with E-state index in [1.165, 1.54) is 18.2 Å². The van der Waals surface area contributed by atoms with Crippen molar-refractivity contribution in [3.05, 3.63) is 61.1 Å². The van der Waals surface area contributed by atoms with E-state index in [4.69, 9.17) is 0 Å². The van der Waals surface area contributed by atoms with Gasteiger partial charge in [0.1, 0.15) is 6.54 Å². The van der Waals surface area contributed by atoms with E-state index in [1.54, 1.807) is 0 Å². The van der Waals surface area contributed by atoms with E-state index < -0.39 is 34.1 Å². The fourth-order valence-electron chi connectivity index (χ4n) is 1.95. The molecule has 2 aromatic rings. The Balaban J connectivity index is 2.43. The molecule has 0 unspecified atom stereocenters. The molecule has 0 radical (unpaired) electrons. The first-order valence-electron chi connectivity index (χ1n) is 7.16. The Morgan fingerprint density at radius 3 is 2.52 bits per heavy atom. The molecule has 0 saturated heterocycles. The van der Waals surface area contributed by atoms with Crippen LogP contribution in [0.15, 0.2) is 35.5 Å². The Bertz CT molecular complexity index is 1020. The summed E-state index contributed by atoms with van der Waals surface area (Å²) in [6.07, 6.45) is 1.00. The highest BCUT2D eigenvalue weighted by Crippen LogP contribution is 2.16. The molecule has 0 spiro atoms. The molecule has 1 N–H and O–H groups in total. The van der Waals surface area contributed by atoms with Crippen molar-refractivity contribution in [2.45, 2.75) is 13.5 Å². The standard InChI is InChI=1S/C14H11N5O7S/c1-8(20)15-11(21)6-17-7-12(19(25)26)27-14(17)16-13(22)9-3-2-4-10(5-9)18(23)24/h2-5,7H,6H2,1H3,(H,15,20,21). The Morgan fingerprint density at radius 1 is 1.22 bits per heavy atom. The number of nitrogens with one attached hydrogen (secondary N) is 1. The van der Waals surface area contributed by atoms with Gasteiger partial charge in [-0.1, -0.05) is 6.07 Å². The fraction of sp³-hybridized carbons (Fsp3) is 0.143. The molecular weight excluding hydrogens is 382 g/mol. The van der Waals surface area contributed by atoms with E-state index in [9.17, 15) is 34.6 Å². The molecule has 1 aromatic heterocycles. The molecule has 0 bridgehead atoms. The maximum Gasteiger partial charge on any atom is 0.343 e. The highest BCUT2D eigenvalue weighted by molar-refractivity contribution is 7.12. The van der Waals surface area contributed by atoms with Gasteiger partial charge < -0.3 is 4.57 Å². The number of benzene rings is 1. The quantitative estimate of drug-likeness (QED) is 0.578. The van der Waals surface area contributed by atoms with Crippen LogP contribution in [0.1, 0.15) is 17.3 Å². The van der Waals surface area contributed by atoms with Gasteiger partial charge in [-0.15, -0.1) is 0 Å². The van der Waals surface area contributed by atoms with E-state index in [1.807, 2.05) is 5.32 Å². The summed E-state index contributed by atoms with van der Waals surface area (Å²) in [6, 6.07) is 4.81. The zero-order valence-corrected chi connectivity index (χ0v) is 14.5. The second-order valence-corrected chi connectivity index (χ2v) is 6.05. The van der Waals surface area contributed by atoms with Gasteiger partial charge in [0.2, 0.25) is 11.8 Å². The number of hydrogen-bond donors (Lipinski definition) is 1. The van der Waals surface area contributed by atoms with Crippen LogP contribution in [0.2, 0.25) is 0 Å². The van der Waals surface area contributed by atoms with Crippen molar-refractivity contribution in [3.63, 3.8) is 0 Å². The second-order valence-electron chi connectivity index (χ2n) is 5.07. The van der Waals surface area contributed by atoms with Gasteiger partial charge in [0.05, 0.1) is 16.0 Å². The molecule has 27 heavy (non-hydrogen) atoms. The van der Waals surface area contributed by atoms with Crippen molar-refractivity contribution < 1.29 is 24.2 Å². The van der Waals surface area contributed by atoms with Gasteiger partial charge in [-0.25, -0.2) is 0 Å².